The average molecular weight is 399 g/mol. The average Bonchev–Trinajstić information content (AvgIpc) is 2.69. The largest absolute Gasteiger partial charge is 0.495 e. The van der Waals surface area contributed by atoms with Crippen molar-refractivity contribution in [2.24, 2.45) is 0 Å². The van der Waals surface area contributed by atoms with E-state index in [0.29, 0.717) is 28.0 Å². The highest BCUT2D eigenvalue weighted by Crippen LogP contribution is 2.29. The van der Waals surface area contributed by atoms with Crippen LogP contribution < -0.4 is 20.1 Å². The van der Waals surface area contributed by atoms with E-state index in [1.165, 1.54) is 7.11 Å². The van der Waals surface area contributed by atoms with Crippen molar-refractivity contribution >= 4 is 34.7 Å². The van der Waals surface area contributed by atoms with Crippen LogP contribution in [0.2, 0.25) is 5.02 Å². The lowest BCUT2D eigenvalue weighted by atomic mass is 10.2. The fraction of sp³-hybridized carbons (Fsp3) is 0.150. The molecule has 0 bridgehead atoms. The first-order chi connectivity index (χ1) is 13.5. The molecule has 144 valence electrons. The SMILES string of the molecule is COc1ccc(Cl)cc1NC(=O)c1ccc(Nc2cc(C)ccc2OC)nn1. The van der Waals surface area contributed by atoms with Crippen molar-refractivity contribution in [1.82, 2.24) is 10.2 Å². The molecule has 7 nitrogen and oxygen atoms in total. The zero-order chi connectivity index (χ0) is 20.1. The number of rotatable bonds is 6. The summed E-state index contributed by atoms with van der Waals surface area (Å²) >= 11 is 5.98. The zero-order valence-electron chi connectivity index (χ0n) is 15.6. The second-order valence-electron chi connectivity index (χ2n) is 5.93. The monoisotopic (exact) mass is 398 g/mol. The van der Waals surface area contributed by atoms with Crippen molar-refractivity contribution in [1.29, 1.82) is 0 Å². The molecule has 3 rings (SSSR count). The summed E-state index contributed by atoms with van der Waals surface area (Å²) in [5, 5.41) is 14.4. The maximum atomic E-state index is 12.5. The summed E-state index contributed by atoms with van der Waals surface area (Å²) in [5.74, 6) is 1.24. The Labute approximate surface area is 167 Å². The molecule has 0 saturated carbocycles. The Balaban J connectivity index is 1.75. The van der Waals surface area contributed by atoms with Gasteiger partial charge in [-0.05, 0) is 55.0 Å². The highest BCUT2D eigenvalue weighted by Gasteiger charge is 2.13. The molecule has 0 saturated heterocycles. The van der Waals surface area contributed by atoms with Crippen LogP contribution in [0.5, 0.6) is 11.5 Å². The van der Waals surface area contributed by atoms with E-state index in [-0.39, 0.29) is 5.69 Å². The molecule has 2 N–H and O–H groups in total. The van der Waals surface area contributed by atoms with Gasteiger partial charge in [-0.25, -0.2) is 0 Å². The number of anilines is 3. The van der Waals surface area contributed by atoms with Crippen molar-refractivity contribution < 1.29 is 14.3 Å². The first kappa shape index (κ1) is 19.4. The number of ether oxygens (including phenoxy) is 2. The number of benzene rings is 2. The molecule has 0 spiro atoms. The van der Waals surface area contributed by atoms with E-state index in [2.05, 4.69) is 20.8 Å². The summed E-state index contributed by atoms with van der Waals surface area (Å²) in [4.78, 5) is 12.5. The van der Waals surface area contributed by atoms with Crippen LogP contribution in [0.4, 0.5) is 17.2 Å². The van der Waals surface area contributed by atoms with E-state index in [9.17, 15) is 4.79 Å². The molecule has 3 aromatic rings. The Bertz CT molecular complexity index is 993. The minimum atomic E-state index is -0.423. The number of carbonyl (C=O) groups excluding carboxylic acids is 1. The third-order valence-corrected chi connectivity index (χ3v) is 4.16. The van der Waals surface area contributed by atoms with Crippen molar-refractivity contribution in [2.45, 2.75) is 6.92 Å². The van der Waals surface area contributed by atoms with Crippen LogP contribution in [0.25, 0.3) is 0 Å². The topological polar surface area (TPSA) is 85.4 Å². The molecule has 2 aromatic carbocycles. The van der Waals surface area contributed by atoms with E-state index in [4.69, 9.17) is 21.1 Å². The lowest BCUT2D eigenvalue weighted by Gasteiger charge is -2.12. The summed E-state index contributed by atoms with van der Waals surface area (Å²) in [7, 11) is 3.11. The zero-order valence-corrected chi connectivity index (χ0v) is 16.4. The Morgan fingerprint density at radius 3 is 2.32 bits per heavy atom. The Morgan fingerprint density at radius 2 is 1.64 bits per heavy atom. The molecule has 1 amide bonds. The van der Waals surface area contributed by atoms with Crippen molar-refractivity contribution in [3.8, 4) is 11.5 Å². The highest BCUT2D eigenvalue weighted by atomic mass is 35.5. The normalized spacial score (nSPS) is 10.3. The molecule has 28 heavy (non-hydrogen) atoms. The fourth-order valence-corrected chi connectivity index (χ4v) is 2.71. The third kappa shape index (κ3) is 4.50. The van der Waals surface area contributed by atoms with Gasteiger partial charge in [0.25, 0.3) is 5.91 Å². The summed E-state index contributed by atoms with van der Waals surface area (Å²) in [6, 6.07) is 13.9. The molecule has 0 aliphatic heterocycles. The molecule has 0 fully saturated rings. The molecular formula is C20H19ClN4O3. The Hall–Kier alpha value is -3.32. The number of amides is 1. The lowest BCUT2D eigenvalue weighted by molar-refractivity contribution is 0.102. The van der Waals surface area contributed by atoms with Gasteiger partial charge in [-0.1, -0.05) is 17.7 Å². The maximum Gasteiger partial charge on any atom is 0.276 e. The second kappa shape index (κ2) is 8.58. The number of methoxy groups -OCH3 is 2. The molecule has 0 aliphatic carbocycles. The smallest absolute Gasteiger partial charge is 0.276 e. The number of hydrogen-bond acceptors (Lipinski definition) is 6. The quantitative estimate of drug-likeness (QED) is 0.638. The predicted octanol–water partition coefficient (Wildman–Crippen LogP) is 4.45. The molecule has 8 heteroatoms. The van der Waals surface area contributed by atoms with Crippen LogP contribution in [0.3, 0.4) is 0 Å². The Morgan fingerprint density at radius 1 is 0.929 bits per heavy atom. The van der Waals surface area contributed by atoms with Crippen LogP contribution >= 0.6 is 11.6 Å². The van der Waals surface area contributed by atoms with Gasteiger partial charge in [0.05, 0.1) is 25.6 Å². The predicted molar refractivity (Wildman–Crippen MR) is 109 cm³/mol. The second-order valence-corrected chi connectivity index (χ2v) is 6.37. The molecule has 1 aromatic heterocycles. The van der Waals surface area contributed by atoms with Crippen molar-refractivity contribution in [3.63, 3.8) is 0 Å². The van der Waals surface area contributed by atoms with Gasteiger partial charge in [0.2, 0.25) is 0 Å². The number of aryl methyl sites for hydroxylation is 1. The molecule has 1 heterocycles. The fourth-order valence-electron chi connectivity index (χ4n) is 2.54. The first-order valence-corrected chi connectivity index (χ1v) is 8.78. The maximum absolute atomic E-state index is 12.5. The first-order valence-electron chi connectivity index (χ1n) is 8.40. The van der Waals surface area contributed by atoms with Crippen LogP contribution in [-0.4, -0.2) is 30.3 Å². The van der Waals surface area contributed by atoms with Gasteiger partial charge < -0.3 is 20.1 Å². The van der Waals surface area contributed by atoms with Gasteiger partial charge in [-0.2, -0.15) is 0 Å². The summed E-state index contributed by atoms with van der Waals surface area (Å²) in [5.41, 5.74) is 2.44. The van der Waals surface area contributed by atoms with E-state index in [0.717, 1.165) is 11.3 Å². The number of halogens is 1. The van der Waals surface area contributed by atoms with Gasteiger partial charge in [0.15, 0.2) is 11.5 Å². The number of aromatic nitrogens is 2. The van der Waals surface area contributed by atoms with Crippen LogP contribution in [-0.2, 0) is 0 Å². The number of carbonyl (C=O) groups is 1. The van der Waals surface area contributed by atoms with Gasteiger partial charge in [0.1, 0.15) is 11.5 Å². The number of nitrogens with zero attached hydrogens (tertiary/aromatic N) is 2. The molecule has 0 radical (unpaired) electrons. The van der Waals surface area contributed by atoms with Crippen LogP contribution in [0.15, 0.2) is 48.5 Å². The van der Waals surface area contributed by atoms with Crippen LogP contribution in [0, 0.1) is 6.92 Å². The summed E-state index contributed by atoms with van der Waals surface area (Å²) in [6.45, 7) is 1.98. The lowest BCUT2D eigenvalue weighted by Crippen LogP contribution is -2.15. The standard InChI is InChI=1S/C20H19ClN4O3/c1-12-4-7-17(27-2)15(10-12)22-19-9-6-14(24-25-19)20(26)23-16-11-13(21)5-8-18(16)28-3/h4-11H,1-3H3,(H,22,25)(H,23,26). The van der Waals surface area contributed by atoms with Crippen LogP contribution in [0.1, 0.15) is 16.1 Å². The van der Waals surface area contributed by atoms with E-state index in [1.807, 2.05) is 25.1 Å². The van der Waals surface area contributed by atoms with Gasteiger partial charge in [-0.3, -0.25) is 4.79 Å². The third-order valence-electron chi connectivity index (χ3n) is 3.92. The van der Waals surface area contributed by atoms with Crippen molar-refractivity contribution in [2.75, 3.05) is 24.9 Å². The summed E-state index contributed by atoms with van der Waals surface area (Å²) in [6.07, 6.45) is 0. The Kier molecular flexibility index (Phi) is 5.96. The van der Waals surface area contributed by atoms with Gasteiger partial charge >= 0.3 is 0 Å². The van der Waals surface area contributed by atoms with E-state index < -0.39 is 5.91 Å². The van der Waals surface area contributed by atoms with E-state index in [1.54, 1.807) is 37.4 Å². The van der Waals surface area contributed by atoms with Gasteiger partial charge in [0, 0.05) is 5.02 Å². The highest BCUT2D eigenvalue weighted by molar-refractivity contribution is 6.31. The number of nitrogens with one attached hydrogen (secondary N) is 2. The minimum Gasteiger partial charge on any atom is -0.495 e. The summed E-state index contributed by atoms with van der Waals surface area (Å²) < 4.78 is 10.6. The molecule has 0 aliphatic rings. The molecule has 0 unspecified atom stereocenters. The van der Waals surface area contributed by atoms with Gasteiger partial charge in [-0.15, -0.1) is 10.2 Å². The van der Waals surface area contributed by atoms with Crippen molar-refractivity contribution in [3.05, 3.63) is 64.8 Å². The molecule has 0 atom stereocenters. The minimum absolute atomic E-state index is 0.156. The molecular weight excluding hydrogens is 380 g/mol. The van der Waals surface area contributed by atoms with E-state index >= 15 is 0 Å². The number of hydrogen-bond donors (Lipinski definition) is 2.